The fourth-order valence-corrected chi connectivity index (χ4v) is 2.55. The molecule has 0 radical (unpaired) electrons. The van der Waals surface area contributed by atoms with E-state index in [9.17, 15) is 0 Å². The predicted molar refractivity (Wildman–Crippen MR) is 105 cm³/mol. The third-order valence-electron chi connectivity index (χ3n) is 3.89. The molecule has 0 aromatic heterocycles. The van der Waals surface area contributed by atoms with Crippen LogP contribution in [0, 0.1) is 20.8 Å². The van der Waals surface area contributed by atoms with Gasteiger partial charge in [-0.15, -0.1) is 0 Å². The van der Waals surface area contributed by atoms with Gasteiger partial charge in [0.1, 0.15) is 0 Å². The minimum atomic E-state index is 1.08. The van der Waals surface area contributed by atoms with E-state index in [2.05, 4.69) is 101 Å². The van der Waals surface area contributed by atoms with E-state index in [1.54, 1.807) is 0 Å². The highest BCUT2D eigenvalue weighted by atomic mass is 15.1. The Morgan fingerprint density at radius 3 is 1.52 bits per heavy atom. The normalized spacial score (nSPS) is 9.87. The summed E-state index contributed by atoms with van der Waals surface area (Å²) >= 11 is 0. The van der Waals surface area contributed by atoms with E-state index < -0.39 is 0 Å². The molecule has 0 fully saturated rings. The molecule has 0 unspecified atom stereocenters. The van der Waals surface area contributed by atoms with Gasteiger partial charge in [-0.05, 0) is 70.0 Å². The van der Waals surface area contributed by atoms with Crippen molar-refractivity contribution < 1.29 is 0 Å². The van der Waals surface area contributed by atoms with Gasteiger partial charge < -0.3 is 9.80 Å². The summed E-state index contributed by atoms with van der Waals surface area (Å²) in [6.07, 6.45) is 0. The minimum Gasteiger partial charge on any atom is -0.378 e. The molecule has 0 amide bonds. The van der Waals surface area contributed by atoms with E-state index >= 15 is 0 Å². The van der Waals surface area contributed by atoms with Gasteiger partial charge in [-0.25, -0.2) is 0 Å². The summed E-state index contributed by atoms with van der Waals surface area (Å²) in [6, 6.07) is 15.2. The van der Waals surface area contributed by atoms with E-state index in [0.29, 0.717) is 0 Å². The van der Waals surface area contributed by atoms with E-state index in [1.165, 1.54) is 28.1 Å². The number of aryl methyl sites for hydroxylation is 3. The summed E-state index contributed by atoms with van der Waals surface area (Å²) in [6.45, 7) is 12.9. The van der Waals surface area contributed by atoms with Crippen LogP contribution >= 0.6 is 0 Å². The van der Waals surface area contributed by atoms with Crippen molar-refractivity contribution in [1.82, 2.24) is 0 Å². The van der Waals surface area contributed by atoms with Crippen molar-refractivity contribution in [3.8, 4) is 0 Å². The van der Waals surface area contributed by atoms with E-state index in [4.69, 9.17) is 0 Å². The standard InChI is InChI=1S/C11H17N.C10H15N/c1-4-12(5-2)11-8-6-10(3)7-9-11;1-8-5-9(2)7-10(6-8)11(3)4/h6-9H,4-5H2,1-3H3;5-7H,1-4H3. The molecule has 2 aromatic rings. The maximum absolute atomic E-state index is 2.35. The smallest absolute Gasteiger partial charge is 0.0366 e. The molecule has 0 atom stereocenters. The molecule has 23 heavy (non-hydrogen) atoms. The maximum Gasteiger partial charge on any atom is 0.0366 e. The number of benzene rings is 2. The van der Waals surface area contributed by atoms with Crippen LogP contribution in [-0.2, 0) is 0 Å². The molecule has 2 aromatic carbocycles. The van der Waals surface area contributed by atoms with Crippen LogP contribution in [0.4, 0.5) is 11.4 Å². The Morgan fingerprint density at radius 2 is 1.13 bits per heavy atom. The lowest BCUT2D eigenvalue weighted by molar-refractivity contribution is 0.866. The number of rotatable bonds is 4. The fraction of sp³-hybridized carbons (Fsp3) is 0.429. The SMILES string of the molecule is CCN(CC)c1ccc(C)cc1.Cc1cc(C)cc(N(C)C)c1. The lowest BCUT2D eigenvalue weighted by atomic mass is 10.1. The highest BCUT2D eigenvalue weighted by Gasteiger charge is 1.99. The van der Waals surface area contributed by atoms with Gasteiger partial charge in [0.15, 0.2) is 0 Å². The van der Waals surface area contributed by atoms with E-state index in [1.807, 2.05) is 0 Å². The fourth-order valence-electron chi connectivity index (χ4n) is 2.55. The van der Waals surface area contributed by atoms with Crippen molar-refractivity contribution in [3.63, 3.8) is 0 Å². The van der Waals surface area contributed by atoms with Crippen LogP contribution in [0.2, 0.25) is 0 Å². The Labute approximate surface area is 142 Å². The molecule has 0 saturated carbocycles. The van der Waals surface area contributed by atoms with Crippen LogP contribution in [0.1, 0.15) is 30.5 Å². The number of hydrogen-bond acceptors (Lipinski definition) is 2. The summed E-state index contributed by atoms with van der Waals surface area (Å²) in [5, 5.41) is 0. The Balaban J connectivity index is 0.000000231. The van der Waals surface area contributed by atoms with Crippen LogP contribution in [0.15, 0.2) is 42.5 Å². The molecule has 0 N–H and O–H groups in total. The van der Waals surface area contributed by atoms with Crippen LogP contribution in [0.5, 0.6) is 0 Å². The largest absolute Gasteiger partial charge is 0.378 e. The van der Waals surface area contributed by atoms with Crippen LogP contribution in [-0.4, -0.2) is 27.2 Å². The van der Waals surface area contributed by atoms with Crippen LogP contribution < -0.4 is 9.80 Å². The van der Waals surface area contributed by atoms with Crippen molar-refractivity contribution in [2.45, 2.75) is 34.6 Å². The lowest BCUT2D eigenvalue weighted by Crippen LogP contribution is -2.21. The Kier molecular flexibility index (Phi) is 7.67. The lowest BCUT2D eigenvalue weighted by Gasteiger charge is -2.20. The molecule has 2 nitrogen and oxygen atoms in total. The van der Waals surface area contributed by atoms with Crippen molar-refractivity contribution >= 4 is 11.4 Å². The molecule has 126 valence electrons. The van der Waals surface area contributed by atoms with Crippen molar-refractivity contribution in [2.75, 3.05) is 37.0 Å². The highest BCUT2D eigenvalue weighted by Crippen LogP contribution is 2.15. The molecular formula is C21H32N2. The van der Waals surface area contributed by atoms with Gasteiger partial charge in [0.2, 0.25) is 0 Å². The molecule has 0 bridgehead atoms. The molecule has 0 saturated heterocycles. The van der Waals surface area contributed by atoms with E-state index in [0.717, 1.165) is 13.1 Å². The van der Waals surface area contributed by atoms with Gasteiger partial charge in [-0.3, -0.25) is 0 Å². The van der Waals surface area contributed by atoms with Crippen molar-refractivity contribution in [3.05, 3.63) is 59.2 Å². The van der Waals surface area contributed by atoms with Gasteiger partial charge >= 0.3 is 0 Å². The second-order valence-electron chi connectivity index (χ2n) is 6.25. The minimum absolute atomic E-state index is 1.08. The monoisotopic (exact) mass is 312 g/mol. The van der Waals surface area contributed by atoms with E-state index in [-0.39, 0.29) is 0 Å². The van der Waals surface area contributed by atoms with Gasteiger partial charge in [0, 0.05) is 38.6 Å². The first-order valence-electron chi connectivity index (χ1n) is 8.44. The molecule has 0 aliphatic heterocycles. The quantitative estimate of drug-likeness (QED) is 0.764. The Bertz CT molecular complexity index is 561. The summed E-state index contributed by atoms with van der Waals surface area (Å²) in [7, 11) is 4.13. The number of anilines is 2. The zero-order chi connectivity index (χ0) is 17.4. The zero-order valence-electron chi connectivity index (χ0n) is 15.9. The topological polar surface area (TPSA) is 6.48 Å². The van der Waals surface area contributed by atoms with Crippen molar-refractivity contribution in [2.24, 2.45) is 0 Å². The second kappa shape index (κ2) is 9.24. The third kappa shape index (κ3) is 6.35. The zero-order valence-corrected chi connectivity index (χ0v) is 15.9. The Hall–Kier alpha value is -1.96. The average Bonchev–Trinajstić information content (AvgIpc) is 2.50. The van der Waals surface area contributed by atoms with Gasteiger partial charge in [-0.2, -0.15) is 0 Å². The summed E-state index contributed by atoms with van der Waals surface area (Å²) in [4.78, 5) is 4.47. The molecule has 0 spiro atoms. The average molecular weight is 313 g/mol. The van der Waals surface area contributed by atoms with Crippen LogP contribution in [0.25, 0.3) is 0 Å². The molecule has 0 heterocycles. The molecule has 2 heteroatoms. The Morgan fingerprint density at radius 1 is 0.652 bits per heavy atom. The first kappa shape index (κ1) is 19.1. The predicted octanol–water partition coefficient (Wildman–Crippen LogP) is 5.21. The summed E-state index contributed by atoms with van der Waals surface area (Å²) < 4.78 is 0. The van der Waals surface area contributed by atoms with Crippen molar-refractivity contribution in [1.29, 1.82) is 0 Å². The molecular weight excluding hydrogens is 280 g/mol. The maximum atomic E-state index is 2.35. The van der Waals surface area contributed by atoms with Gasteiger partial charge in [0.25, 0.3) is 0 Å². The van der Waals surface area contributed by atoms with Crippen LogP contribution in [0.3, 0.4) is 0 Å². The first-order valence-corrected chi connectivity index (χ1v) is 8.44. The van der Waals surface area contributed by atoms with Gasteiger partial charge in [-0.1, -0.05) is 23.8 Å². The van der Waals surface area contributed by atoms with Gasteiger partial charge in [0.05, 0.1) is 0 Å². The molecule has 2 rings (SSSR count). The third-order valence-corrected chi connectivity index (χ3v) is 3.89. The highest BCUT2D eigenvalue weighted by molar-refractivity contribution is 5.49. The number of hydrogen-bond donors (Lipinski definition) is 0. The summed E-state index contributed by atoms with van der Waals surface area (Å²) in [5.41, 5.74) is 6.58. The second-order valence-corrected chi connectivity index (χ2v) is 6.25. The first-order chi connectivity index (χ1) is 10.9. The number of nitrogens with zero attached hydrogens (tertiary/aromatic N) is 2. The summed E-state index contributed by atoms with van der Waals surface area (Å²) in [5.74, 6) is 0. The molecule has 0 aliphatic carbocycles. The molecule has 0 aliphatic rings.